The Labute approximate surface area is 114 Å². The van der Waals surface area contributed by atoms with E-state index in [1.54, 1.807) is 0 Å². The van der Waals surface area contributed by atoms with Crippen molar-refractivity contribution in [1.29, 1.82) is 0 Å². The van der Waals surface area contributed by atoms with Crippen molar-refractivity contribution in [3.05, 3.63) is 35.9 Å². The average Bonchev–Trinajstić information content (AvgIpc) is 3.20. The molecular formula is C15H20ClNO. The number of hydrogen-bond acceptors (Lipinski definition) is 1. The Morgan fingerprint density at radius 3 is 2.44 bits per heavy atom. The van der Waals surface area contributed by atoms with Crippen LogP contribution >= 0.6 is 11.6 Å². The molecule has 0 heterocycles. The Hall–Kier alpha value is -1.02. The third-order valence-electron chi connectivity index (χ3n) is 3.60. The van der Waals surface area contributed by atoms with E-state index in [1.165, 1.54) is 0 Å². The van der Waals surface area contributed by atoms with Gasteiger partial charge in [0.05, 0.1) is 5.41 Å². The highest BCUT2D eigenvalue weighted by Gasteiger charge is 2.39. The predicted molar refractivity (Wildman–Crippen MR) is 74.9 cm³/mol. The van der Waals surface area contributed by atoms with Crippen LogP contribution in [0.4, 0.5) is 0 Å². The maximum atomic E-state index is 12.7. The van der Waals surface area contributed by atoms with Gasteiger partial charge in [-0.25, -0.2) is 0 Å². The molecule has 0 aliphatic heterocycles. The molecule has 1 amide bonds. The largest absolute Gasteiger partial charge is 0.338 e. The van der Waals surface area contributed by atoms with Crippen LogP contribution in [0.15, 0.2) is 30.3 Å². The van der Waals surface area contributed by atoms with Gasteiger partial charge in [-0.3, -0.25) is 4.79 Å². The van der Waals surface area contributed by atoms with Gasteiger partial charge in [-0.1, -0.05) is 30.3 Å². The second-order valence-electron chi connectivity index (χ2n) is 5.41. The first-order chi connectivity index (χ1) is 8.57. The molecule has 2 nitrogen and oxygen atoms in total. The van der Waals surface area contributed by atoms with E-state index >= 15 is 0 Å². The Morgan fingerprint density at radius 1 is 1.33 bits per heavy atom. The Bertz CT molecular complexity index is 412. The summed E-state index contributed by atoms with van der Waals surface area (Å²) in [6.07, 6.45) is 2.24. The molecule has 1 aliphatic rings. The topological polar surface area (TPSA) is 20.3 Å². The quantitative estimate of drug-likeness (QED) is 0.749. The molecular weight excluding hydrogens is 246 g/mol. The molecule has 1 saturated carbocycles. The van der Waals surface area contributed by atoms with E-state index in [9.17, 15) is 4.79 Å². The van der Waals surface area contributed by atoms with Crippen molar-refractivity contribution in [3.8, 4) is 0 Å². The van der Waals surface area contributed by atoms with Crippen LogP contribution in [-0.4, -0.2) is 29.3 Å². The normalized spacial score (nSPS) is 15.5. The summed E-state index contributed by atoms with van der Waals surface area (Å²) in [5, 5.41) is 0. The predicted octanol–water partition coefficient (Wildman–Crippen LogP) is 3.19. The van der Waals surface area contributed by atoms with Crippen molar-refractivity contribution in [2.45, 2.75) is 38.1 Å². The van der Waals surface area contributed by atoms with Crippen LogP contribution in [0.5, 0.6) is 0 Å². The summed E-state index contributed by atoms with van der Waals surface area (Å²) in [4.78, 5) is 14.7. The minimum absolute atomic E-state index is 0.192. The second-order valence-corrected chi connectivity index (χ2v) is 5.79. The van der Waals surface area contributed by atoms with Crippen LogP contribution < -0.4 is 0 Å². The summed E-state index contributed by atoms with van der Waals surface area (Å²) in [7, 11) is 0. The van der Waals surface area contributed by atoms with Gasteiger partial charge in [0.15, 0.2) is 0 Å². The molecule has 18 heavy (non-hydrogen) atoms. The monoisotopic (exact) mass is 265 g/mol. The molecule has 1 aliphatic carbocycles. The van der Waals surface area contributed by atoms with E-state index in [0.717, 1.165) is 18.4 Å². The summed E-state index contributed by atoms with van der Waals surface area (Å²) in [5.74, 6) is 0.699. The van der Waals surface area contributed by atoms with E-state index in [0.29, 0.717) is 18.5 Å². The molecule has 0 unspecified atom stereocenters. The first-order valence-corrected chi connectivity index (χ1v) is 7.03. The fourth-order valence-electron chi connectivity index (χ4n) is 2.26. The highest BCUT2D eigenvalue weighted by molar-refractivity contribution is 6.18. The number of nitrogens with zero attached hydrogens (tertiary/aromatic N) is 1. The van der Waals surface area contributed by atoms with Crippen molar-refractivity contribution in [2.24, 2.45) is 0 Å². The maximum Gasteiger partial charge on any atom is 0.232 e. The lowest BCUT2D eigenvalue weighted by molar-refractivity contribution is -0.136. The molecule has 2 rings (SSSR count). The van der Waals surface area contributed by atoms with Crippen LogP contribution in [0.3, 0.4) is 0 Å². The number of halogens is 1. The first kappa shape index (κ1) is 13.4. The fraction of sp³-hybridized carbons (Fsp3) is 0.533. The van der Waals surface area contributed by atoms with Crippen molar-refractivity contribution in [3.63, 3.8) is 0 Å². The highest BCUT2D eigenvalue weighted by atomic mass is 35.5. The third-order valence-corrected chi connectivity index (χ3v) is 3.77. The summed E-state index contributed by atoms with van der Waals surface area (Å²) >= 11 is 5.81. The second kappa shape index (κ2) is 5.31. The molecule has 1 fully saturated rings. The number of carbonyl (C=O) groups is 1. The van der Waals surface area contributed by atoms with Gasteiger partial charge in [-0.15, -0.1) is 11.6 Å². The van der Waals surface area contributed by atoms with Gasteiger partial charge in [0.25, 0.3) is 0 Å². The zero-order valence-corrected chi connectivity index (χ0v) is 11.8. The maximum absolute atomic E-state index is 12.7. The van der Waals surface area contributed by atoms with E-state index in [1.807, 2.05) is 49.1 Å². The molecule has 3 heteroatoms. The molecule has 0 radical (unpaired) electrons. The highest BCUT2D eigenvalue weighted by Crippen LogP contribution is 2.33. The molecule has 98 valence electrons. The van der Waals surface area contributed by atoms with Crippen LogP contribution in [-0.2, 0) is 10.2 Å². The molecule has 1 aromatic carbocycles. The van der Waals surface area contributed by atoms with Gasteiger partial charge in [0.1, 0.15) is 0 Å². The van der Waals surface area contributed by atoms with Crippen molar-refractivity contribution < 1.29 is 4.79 Å². The standard InChI is InChI=1S/C15H20ClNO/c1-15(2,12-6-4-3-5-7-12)14(18)17(11-10-16)13-8-9-13/h3-7,13H,8-11H2,1-2H3. The number of benzene rings is 1. The number of hydrogen-bond donors (Lipinski definition) is 0. The van der Waals surface area contributed by atoms with E-state index in [2.05, 4.69) is 0 Å². The smallest absolute Gasteiger partial charge is 0.232 e. The lowest BCUT2D eigenvalue weighted by Crippen LogP contribution is -2.45. The van der Waals surface area contributed by atoms with Crippen molar-refractivity contribution in [2.75, 3.05) is 12.4 Å². The summed E-state index contributed by atoms with van der Waals surface area (Å²) < 4.78 is 0. The van der Waals surface area contributed by atoms with Gasteiger partial charge in [-0.05, 0) is 32.3 Å². The number of amides is 1. The van der Waals surface area contributed by atoms with Crippen LogP contribution in [0.25, 0.3) is 0 Å². The lowest BCUT2D eigenvalue weighted by atomic mass is 9.83. The molecule has 0 spiro atoms. The Kier molecular flexibility index (Phi) is 3.96. The number of rotatable bonds is 5. The van der Waals surface area contributed by atoms with Gasteiger partial charge < -0.3 is 4.90 Å². The summed E-state index contributed by atoms with van der Waals surface area (Å²) in [6.45, 7) is 4.64. The SMILES string of the molecule is CC(C)(C(=O)N(CCCl)C1CC1)c1ccccc1. The molecule has 0 atom stereocenters. The van der Waals surface area contributed by atoms with Gasteiger partial charge in [-0.2, -0.15) is 0 Å². The Balaban J connectivity index is 2.20. The third kappa shape index (κ3) is 2.69. The van der Waals surface area contributed by atoms with Gasteiger partial charge in [0.2, 0.25) is 5.91 Å². The molecule has 0 saturated heterocycles. The zero-order chi connectivity index (χ0) is 13.2. The minimum atomic E-state index is -0.476. The lowest BCUT2D eigenvalue weighted by Gasteiger charge is -2.32. The van der Waals surface area contributed by atoms with Crippen molar-refractivity contribution in [1.82, 2.24) is 4.90 Å². The minimum Gasteiger partial charge on any atom is -0.338 e. The Morgan fingerprint density at radius 2 is 1.94 bits per heavy atom. The van der Waals surface area contributed by atoms with E-state index < -0.39 is 5.41 Å². The van der Waals surface area contributed by atoms with Crippen LogP contribution in [0.1, 0.15) is 32.3 Å². The number of carbonyl (C=O) groups excluding carboxylic acids is 1. The number of alkyl halides is 1. The summed E-state index contributed by atoms with van der Waals surface area (Å²) in [5.41, 5.74) is 0.589. The first-order valence-electron chi connectivity index (χ1n) is 6.50. The van der Waals surface area contributed by atoms with E-state index in [-0.39, 0.29) is 5.91 Å². The van der Waals surface area contributed by atoms with Crippen LogP contribution in [0.2, 0.25) is 0 Å². The summed E-state index contributed by atoms with van der Waals surface area (Å²) in [6, 6.07) is 10.4. The molecule has 0 N–H and O–H groups in total. The molecule has 1 aromatic rings. The van der Waals surface area contributed by atoms with Gasteiger partial charge in [0, 0.05) is 18.5 Å². The fourth-order valence-corrected chi connectivity index (χ4v) is 2.45. The van der Waals surface area contributed by atoms with Gasteiger partial charge >= 0.3 is 0 Å². The molecule has 0 bridgehead atoms. The zero-order valence-electron chi connectivity index (χ0n) is 11.0. The van der Waals surface area contributed by atoms with Crippen LogP contribution in [0, 0.1) is 0 Å². The van der Waals surface area contributed by atoms with Crippen molar-refractivity contribution >= 4 is 17.5 Å². The molecule has 0 aromatic heterocycles. The van der Waals surface area contributed by atoms with E-state index in [4.69, 9.17) is 11.6 Å². The average molecular weight is 266 g/mol.